The molecular weight excluding hydrogens is 282 g/mol. The smallest absolute Gasteiger partial charge is 0.162 e. The average Bonchev–Trinajstić information content (AvgIpc) is 2.46. The van der Waals surface area contributed by atoms with E-state index in [4.69, 9.17) is 0 Å². The lowest BCUT2D eigenvalue weighted by atomic mass is 9.98. The van der Waals surface area contributed by atoms with Gasteiger partial charge in [-0.05, 0) is 55.3 Å². The zero-order chi connectivity index (χ0) is 15.4. The van der Waals surface area contributed by atoms with E-state index >= 15 is 0 Å². The number of rotatable bonds is 5. The summed E-state index contributed by atoms with van der Waals surface area (Å²) in [5, 5.41) is 2.91. The van der Waals surface area contributed by atoms with Crippen LogP contribution in [0.25, 0.3) is 0 Å². The summed E-state index contributed by atoms with van der Waals surface area (Å²) in [5.74, 6) is -2.87. The molecule has 21 heavy (non-hydrogen) atoms. The average molecular weight is 297 g/mol. The highest BCUT2D eigenvalue weighted by Crippen LogP contribution is 2.17. The van der Waals surface area contributed by atoms with Gasteiger partial charge in [0.1, 0.15) is 11.6 Å². The summed E-state index contributed by atoms with van der Waals surface area (Å²) in [4.78, 5) is 0. The lowest BCUT2D eigenvalue weighted by Crippen LogP contribution is -2.30. The molecule has 112 valence electrons. The fourth-order valence-electron chi connectivity index (χ4n) is 2.21. The van der Waals surface area contributed by atoms with Crippen molar-refractivity contribution in [3.63, 3.8) is 0 Å². The highest BCUT2D eigenvalue weighted by Gasteiger charge is 2.16. The van der Waals surface area contributed by atoms with Gasteiger partial charge in [-0.2, -0.15) is 0 Å². The molecule has 0 aliphatic carbocycles. The second kappa shape index (κ2) is 6.72. The SMILES string of the molecule is CNC(Cc1cc(F)ccc1F)Cc1cccc(F)c1F. The Kier molecular flexibility index (Phi) is 4.96. The van der Waals surface area contributed by atoms with Crippen molar-refractivity contribution in [1.29, 1.82) is 0 Å². The molecule has 0 aliphatic heterocycles. The molecular formula is C16H15F4N. The lowest BCUT2D eigenvalue weighted by Gasteiger charge is -2.17. The van der Waals surface area contributed by atoms with Crippen LogP contribution in [0, 0.1) is 23.3 Å². The van der Waals surface area contributed by atoms with Gasteiger partial charge in [0.05, 0.1) is 0 Å². The Bertz CT molecular complexity index is 624. The van der Waals surface area contributed by atoms with Crippen LogP contribution in [-0.2, 0) is 12.8 Å². The molecule has 5 heteroatoms. The maximum atomic E-state index is 13.6. The monoisotopic (exact) mass is 297 g/mol. The molecule has 0 saturated heterocycles. The van der Waals surface area contributed by atoms with Crippen molar-refractivity contribution < 1.29 is 17.6 Å². The Morgan fingerprint density at radius 3 is 2.33 bits per heavy atom. The second-order valence-electron chi connectivity index (χ2n) is 4.84. The van der Waals surface area contributed by atoms with Crippen molar-refractivity contribution in [3.8, 4) is 0 Å². The van der Waals surface area contributed by atoms with E-state index < -0.39 is 23.3 Å². The molecule has 0 saturated carbocycles. The number of nitrogens with one attached hydrogen (secondary N) is 1. The van der Waals surface area contributed by atoms with Gasteiger partial charge >= 0.3 is 0 Å². The third kappa shape index (κ3) is 3.82. The standard InChI is InChI=1S/C16H15F4N/c1-21-13(8-10-3-2-4-15(19)16(10)20)9-11-7-12(17)5-6-14(11)18/h2-7,13,21H,8-9H2,1H3. The maximum absolute atomic E-state index is 13.6. The molecule has 1 unspecified atom stereocenters. The molecule has 0 aromatic heterocycles. The van der Waals surface area contributed by atoms with Crippen molar-refractivity contribution in [1.82, 2.24) is 5.32 Å². The summed E-state index contributed by atoms with van der Waals surface area (Å²) in [5.41, 5.74) is 0.400. The normalized spacial score (nSPS) is 12.4. The van der Waals surface area contributed by atoms with Gasteiger partial charge in [0.25, 0.3) is 0 Å². The van der Waals surface area contributed by atoms with Crippen molar-refractivity contribution in [2.45, 2.75) is 18.9 Å². The molecule has 2 aromatic carbocycles. The first-order valence-electron chi connectivity index (χ1n) is 6.55. The number of likely N-dealkylation sites (N-methyl/N-ethyl adjacent to an activating group) is 1. The Labute approximate surface area is 120 Å². The molecule has 0 radical (unpaired) electrons. The first kappa shape index (κ1) is 15.5. The topological polar surface area (TPSA) is 12.0 Å². The predicted octanol–water partition coefficient (Wildman–Crippen LogP) is 3.62. The molecule has 0 aliphatic rings. The van der Waals surface area contributed by atoms with Crippen LogP contribution in [0.4, 0.5) is 17.6 Å². The first-order chi connectivity index (χ1) is 10.0. The van der Waals surface area contributed by atoms with E-state index in [9.17, 15) is 17.6 Å². The molecule has 0 fully saturated rings. The molecule has 1 N–H and O–H groups in total. The minimum Gasteiger partial charge on any atom is -0.316 e. The van der Waals surface area contributed by atoms with Crippen molar-refractivity contribution in [2.75, 3.05) is 7.05 Å². The molecule has 1 nitrogen and oxygen atoms in total. The van der Waals surface area contributed by atoms with Crippen molar-refractivity contribution >= 4 is 0 Å². The van der Waals surface area contributed by atoms with Crippen molar-refractivity contribution in [3.05, 3.63) is 70.8 Å². The highest BCUT2D eigenvalue weighted by atomic mass is 19.2. The van der Waals surface area contributed by atoms with Crippen LogP contribution < -0.4 is 5.32 Å². The quantitative estimate of drug-likeness (QED) is 0.831. The van der Waals surface area contributed by atoms with E-state index in [2.05, 4.69) is 5.32 Å². The van der Waals surface area contributed by atoms with Crippen LogP contribution in [0.2, 0.25) is 0 Å². The van der Waals surface area contributed by atoms with Gasteiger partial charge in [-0.25, -0.2) is 17.6 Å². The van der Waals surface area contributed by atoms with Gasteiger partial charge in [0, 0.05) is 6.04 Å². The summed E-state index contributed by atoms with van der Waals surface area (Å²) >= 11 is 0. The van der Waals surface area contributed by atoms with E-state index in [0.29, 0.717) is 0 Å². The summed E-state index contributed by atoms with van der Waals surface area (Å²) < 4.78 is 53.6. The molecule has 1 atom stereocenters. The lowest BCUT2D eigenvalue weighted by molar-refractivity contribution is 0.478. The minimum atomic E-state index is -0.917. The largest absolute Gasteiger partial charge is 0.316 e. The van der Waals surface area contributed by atoms with E-state index in [1.165, 1.54) is 12.1 Å². The van der Waals surface area contributed by atoms with Gasteiger partial charge in [-0.1, -0.05) is 12.1 Å². The highest BCUT2D eigenvalue weighted by molar-refractivity contribution is 5.23. The third-order valence-electron chi connectivity index (χ3n) is 3.38. The molecule has 0 bridgehead atoms. The molecule has 0 amide bonds. The molecule has 0 spiro atoms. The van der Waals surface area contributed by atoms with Crippen LogP contribution in [-0.4, -0.2) is 13.1 Å². The van der Waals surface area contributed by atoms with Crippen LogP contribution in [0.15, 0.2) is 36.4 Å². The number of benzene rings is 2. The maximum Gasteiger partial charge on any atom is 0.162 e. The van der Waals surface area contributed by atoms with Crippen LogP contribution >= 0.6 is 0 Å². The third-order valence-corrected chi connectivity index (χ3v) is 3.38. The van der Waals surface area contributed by atoms with Gasteiger partial charge in [-0.3, -0.25) is 0 Å². The fraction of sp³-hybridized carbons (Fsp3) is 0.250. The van der Waals surface area contributed by atoms with Crippen LogP contribution in [0.1, 0.15) is 11.1 Å². The number of hydrogen-bond acceptors (Lipinski definition) is 1. The van der Waals surface area contributed by atoms with Gasteiger partial charge in [-0.15, -0.1) is 0 Å². The van der Waals surface area contributed by atoms with Gasteiger partial charge in [0.2, 0.25) is 0 Å². The summed E-state index contributed by atoms with van der Waals surface area (Å²) in [6, 6.07) is 6.81. The second-order valence-corrected chi connectivity index (χ2v) is 4.84. The van der Waals surface area contributed by atoms with Gasteiger partial charge in [0.15, 0.2) is 11.6 Å². The van der Waals surface area contributed by atoms with E-state index in [1.807, 2.05) is 0 Å². The van der Waals surface area contributed by atoms with E-state index in [-0.39, 0.29) is 30.0 Å². The zero-order valence-electron chi connectivity index (χ0n) is 11.5. The summed E-state index contributed by atoms with van der Waals surface area (Å²) in [6.07, 6.45) is 0.353. The van der Waals surface area contributed by atoms with Crippen LogP contribution in [0.5, 0.6) is 0 Å². The number of halogens is 4. The molecule has 2 aromatic rings. The molecule has 0 heterocycles. The number of hydrogen-bond donors (Lipinski definition) is 1. The minimum absolute atomic E-state index is 0.177. The van der Waals surface area contributed by atoms with Crippen molar-refractivity contribution in [2.24, 2.45) is 0 Å². The Balaban J connectivity index is 2.17. The van der Waals surface area contributed by atoms with Gasteiger partial charge < -0.3 is 5.32 Å². The first-order valence-corrected chi connectivity index (χ1v) is 6.55. The summed E-state index contributed by atoms with van der Waals surface area (Å²) in [7, 11) is 1.64. The Morgan fingerprint density at radius 1 is 0.905 bits per heavy atom. The van der Waals surface area contributed by atoms with E-state index in [1.54, 1.807) is 7.05 Å². The fourth-order valence-corrected chi connectivity index (χ4v) is 2.21. The molecule has 2 rings (SSSR count). The van der Waals surface area contributed by atoms with E-state index in [0.717, 1.165) is 24.3 Å². The Morgan fingerprint density at radius 2 is 1.62 bits per heavy atom. The predicted molar refractivity (Wildman–Crippen MR) is 73.0 cm³/mol. The summed E-state index contributed by atoms with van der Waals surface area (Å²) in [6.45, 7) is 0. The van der Waals surface area contributed by atoms with Crippen LogP contribution in [0.3, 0.4) is 0 Å². The Hall–Kier alpha value is -1.88. The zero-order valence-corrected chi connectivity index (χ0v) is 11.5.